The van der Waals surface area contributed by atoms with Crippen molar-refractivity contribution in [1.29, 1.82) is 0 Å². The number of carbonyl (C=O) groups is 1. The molecule has 0 radical (unpaired) electrons. The van der Waals surface area contributed by atoms with E-state index < -0.39 is 0 Å². The molecule has 1 aromatic carbocycles. The van der Waals surface area contributed by atoms with Gasteiger partial charge in [-0.3, -0.25) is 9.89 Å². The second kappa shape index (κ2) is 4.40. The van der Waals surface area contributed by atoms with Crippen LogP contribution in [0.5, 0.6) is 5.75 Å². The molecule has 1 aromatic heterocycles. The fourth-order valence-corrected chi connectivity index (χ4v) is 1.58. The van der Waals surface area contributed by atoms with E-state index in [9.17, 15) is 9.90 Å². The van der Waals surface area contributed by atoms with Crippen LogP contribution in [0.3, 0.4) is 0 Å². The van der Waals surface area contributed by atoms with Crippen molar-refractivity contribution >= 4 is 17.4 Å². The molecule has 0 aliphatic heterocycles. The van der Waals surface area contributed by atoms with E-state index in [-0.39, 0.29) is 11.7 Å². The van der Waals surface area contributed by atoms with Gasteiger partial charge in [0.2, 0.25) is 0 Å². The van der Waals surface area contributed by atoms with Crippen molar-refractivity contribution in [3.8, 4) is 5.75 Å². The van der Waals surface area contributed by atoms with E-state index >= 15 is 0 Å². The van der Waals surface area contributed by atoms with Crippen LogP contribution in [0.4, 0.5) is 11.5 Å². The summed E-state index contributed by atoms with van der Waals surface area (Å²) < 4.78 is 0. The number of nitrogens with two attached hydrogens (primary N) is 1. The second-order valence-corrected chi connectivity index (χ2v) is 4.01. The lowest BCUT2D eigenvalue weighted by atomic mass is 10.1. The molecular weight excluding hydrogens is 232 g/mol. The van der Waals surface area contributed by atoms with Crippen molar-refractivity contribution in [2.75, 3.05) is 11.1 Å². The molecular formula is C12H14N4O2. The lowest BCUT2D eigenvalue weighted by Crippen LogP contribution is -2.14. The summed E-state index contributed by atoms with van der Waals surface area (Å²) in [5.41, 5.74) is 7.73. The van der Waals surface area contributed by atoms with Gasteiger partial charge in [-0.05, 0) is 26.0 Å². The van der Waals surface area contributed by atoms with Crippen LogP contribution in [0, 0.1) is 13.8 Å². The third kappa shape index (κ3) is 2.00. The number of anilines is 2. The lowest BCUT2D eigenvalue weighted by Gasteiger charge is -2.07. The van der Waals surface area contributed by atoms with Crippen LogP contribution in [0.15, 0.2) is 18.2 Å². The van der Waals surface area contributed by atoms with Gasteiger partial charge in [-0.2, -0.15) is 5.10 Å². The molecule has 0 bridgehead atoms. The van der Waals surface area contributed by atoms with Crippen LogP contribution in [0.2, 0.25) is 0 Å². The van der Waals surface area contributed by atoms with Crippen LogP contribution in [0.1, 0.15) is 21.6 Å². The molecule has 1 heterocycles. The Morgan fingerprint density at radius 1 is 1.44 bits per heavy atom. The quantitative estimate of drug-likeness (QED) is 0.645. The lowest BCUT2D eigenvalue weighted by molar-refractivity contribution is 0.102. The Hall–Kier alpha value is -2.50. The molecule has 94 valence electrons. The minimum atomic E-state index is -0.360. The molecule has 5 N–H and O–H groups in total. The summed E-state index contributed by atoms with van der Waals surface area (Å²) >= 11 is 0. The number of carbonyl (C=O) groups excluding carboxylic acids is 1. The SMILES string of the molecule is Cc1[nH]nc(NC(=O)c2cccc(O)c2C)c1N. The largest absolute Gasteiger partial charge is 0.508 e. The number of phenolic OH excluding ortho intramolecular Hbond substituents is 1. The Bertz CT molecular complexity index is 604. The van der Waals surface area contributed by atoms with Gasteiger partial charge in [0.25, 0.3) is 5.91 Å². The highest BCUT2D eigenvalue weighted by Crippen LogP contribution is 2.22. The molecule has 1 amide bonds. The number of aromatic hydroxyl groups is 1. The van der Waals surface area contributed by atoms with Gasteiger partial charge < -0.3 is 16.2 Å². The van der Waals surface area contributed by atoms with Gasteiger partial charge in [0, 0.05) is 11.1 Å². The van der Waals surface area contributed by atoms with Crippen LogP contribution in [0.25, 0.3) is 0 Å². The fraction of sp³-hybridized carbons (Fsp3) is 0.167. The Morgan fingerprint density at radius 3 is 2.78 bits per heavy atom. The number of phenols is 1. The van der Waals surface area contributed by atoms with E-state index in [0.29, 0.717) is 28.3 Å². The number of aromatic amines is 1. The zero-order valence-corrected chi connectivity index (χ0v) is 10.1. The molecule has 0 saturated carbocycles. The van der Waals surface area contributed by atoms with E-state index in [1.165, 1.54) is 6.07 Å². The zero-order chi connectivity index (χ0) is 13.3. The maximum absolute atomic E-state index is 12.0. The summed E-state index contributed by atoms with van der Waals surface area (Å²) in [7, 11) is 0. The molecule has 6 heteroatoms. The molecule has 0 aliphatic rings. The standard InChI is InChI=1S/C12H14N4O2/c1-6-8(4-3-5-9(6)17)12(18)14-11-10(13)7(2)15-16-11/h3-5,17H,13H2,1-2H3,(H2,14,15,16,18). The summed E-state index contributed by atoms with van der Waals surface area (Å²) in [5, 5.41) is 18.7. The molecule has 6 nitrogen and oxygen atoms in total. The summed E-state index contributed by atoms with van der Waals surface area (Å²) in [6.45, 7) is 3.43. The van der Waals surface area contributed by atoms with Crippen molar-refractivity contribution in [2.24, 2.45) is 0 Å². The number of benzene rings is 1. The minimum Gasteiger partial charge on any atom is -0.508 e. The van der Waals surface area contributed by atoms with Crippen molar-refractivity contribution in [2.45, 2.75) is 13.8 Å². The molecule has 2 rings (SSSR count). The molecule has 0 aliphatic carbocycles. The first kappa shape index (κ1) is 12.0. The van der Waals surface area contributed by atoms with E-state index in [2.05, 4.69) is 15.5 Å². The van der Waals surface area contributed by atoms with Crippen LogP contribution in [-0.4, -0.2) is 21.2 Å². The third-order valence-electron chi connectivity index (χ3n) is 2.78. The maximum Gasteiger partial charge on any atom is 0.257 e. The highest BCUT2D eigenvalue weighted by atomic mass is 16.3. The zero-order valence-electron chi connectivity index (χ0n) is 10.1. The predicted octanol–water partition coefficient (Wildman–Crippen LogP) is 1.57. The first-order valence-corrected chi connectivity index (χ1v) is 5.41. The molecule has 0 unspecified atom stereocenters. The average molecular weight is 246 g/mol. The monoisotopic (exact) mass is 246 g/mol. The average Bonchev–Trinajstić information content (AvgIpc) is 2.64. The summed E-state index contributed by atoms with van der Waals surface area (Å²) in [6.07, 6.45) is 0. The summed E-state index contributed by atoms with van der Waals surface area (Å²) in [5.74, 6) is 0.00988. The van der Waals surface area contributed by atoms with Gasteiger partial charge in [0.05, 0.1) is 11.4 Å². The minimum absolute atomic E-state index is 0.0776. The molecule has 0 atom stereocenters. The number of aryl methyl sites for hydroxylation is 1. The van der Waals surface area contributed by atoms with Gasteiger partial charge in [0.15, 0.2) is 5.82 Å². The van der Waals surface area contributed by atoms with Gasteiger partial charge in [-0.15, -0.1) is 0 Å². The number of rotatable bonds is 2. The van der Waals surface area contributed by atoms with E-state index in [1.54, 1.807) is 26.0 Å². The molecule has 0 fully saturated rings. The highest BCUT2D eigenvalue weighted by molar-refractivity contribution is 6.06. The topological polar surface area (TPSA) is 104 Å². The number of amides is 1. The van der Waals surface area contributed by atoms with Crippen LogP contribution >= 0.6 is 0 Å². The number of hydrogen-bond donors (Lipinski definition) is 4. The van der Waals surface area contributed by atoms with Gasteiger partial charge in [-0.1, -0.05) is 6.07 Å². The maximum atomic E-state index is 12.0. The van der Waals surface area contributed by atoms with E-state index in [4.69, 9.17) is 5.73 Å². The second-order valence-electron chi connectivity index (χ2n) is 4.01. The first-order chi connectivity index (χ1) is 8.50. The van der Waals surface area contributed by atoms with Gasteiger partial charge >= 0.3 is 0 Å². The third-order valence-corrected chi connectivity index (χ3v) is 2.78. The molecule has 18 heavy (non-hydrogen) atoms. The number of nitrogens with zero attached hydrogens (tertiary/aromatic N) is 1. The highest BCUT2D eigenvalue weighted by Gasteiger charge is 2.14. The number of H-pyrrole nitrogens is 1. The number of nitrogen functional groups attached to an aromatic ring is 1. The Balaban J connectivity index is 2.28. The van der Waals surface area contributed by atoms with Crippen molar-refractivity contribution in [1.82, 2.24) is 10.2 Å². The molecule has 0 spiro atoms. The fourth-order valence-electron chi connectivity index (χ4n) is 1.58. The normalized spacial score (nSPS) is 10.3. The van der Waals surface area contributed by atoms with Crippen molar-refractivity contribution < 1.29 is 9.90 Å². The number of nitrogens with one attached hydrogen (secondary N) is 2. The van der Waals surface area contributed by atoms with Crippen molar-refractivity contribution in [3.05, 3.63) is 35.0 Å². The van der Waals surface area contributed by atoms with E-state index in [1.807, 2.05) is 0 Å². The van der Waals surface area contributed by atoms with Gasteiger partial charge in [0.1, 0.15) is 5.75 Å². The first-order valence-electron chi connectivity index (χ1n) is 5.41. The molecule has 0 saturated heterocycles. The van der Waals surface area contributed by atoms with Gasteiger partial charge in [-0.25, -0.2) is 0 Å². The van der Waals surface area contributed by atoms with Crippen LogP contribution < -0.4 is 11.1 Å². The smallest absolute Gasteiger partial charge is 0.257 e. The Morgan fingerprint density at radius 2 is 2.17 bits per heavy atom. The summed E-state index contributed by atoms with van der Waals surface area (Å²) in [6, 6.07) is 4.76. The summed E-state index contributed by atoms with van der Waals surface area (Å²) in [4.78, 5) is 12.0. The molecule has 2 aromatic rings. The van der Waals surface area contributed by atoms with Crippen molar-refractivity contribution in [3.63, 3.8) is 0 Å². The predicted molar refractivity (Wildman–Crippen MR) is 68.5 cm³/mol. The number of aromatic nitrogens is 2. The number of hydrogen-bond acceptors (Lipinski definition) is 4. The Kier molecular flexibility index (Phi) is 2.93. The van der Waals surface area contributed by atoms with Crippen LogP contribution in [-0.2, 0) is 0 Å². The van der Waals surface area contributed by atoms with E-state index in [0.717, 1.165) is 0 Å². The Labute approximate surface area is 104 Å².